The molecule has 1 aliphatic heterocycles. The zero-order valence-corrected chi connectivity index (χ0v) is 18.9. The fraction of sp³-hybridized carbons (Fsp3) is 0.417. The van der Waals surface area contributed by atoms with Gasteiger partial charge in [0.1, 0.15) is 9.71 Å². The van der Waals surface area contributed by atoms with Crippen LogP contribution in [0.1, 0.15) is 40.8 Å². The van der Waals surface area contributed by atoms with Gasteiger partial charge in [0.25, 0.3) is 5.91 Å². The predicted molar refractivity (Wildman–Crippen MR) is 123 cm³/mol. The minimum absolute atomic E-state index is 0.0556. The van der Waals surface area contributed by atoms with Gasteiger partial charge in [0.05, 0.1) is 25.9 Å². The number of morpholine rings is 1. The van der Waals surface area contributed by atoms with Crippen LogP contribution in [0.3, 0.4) is 0 Å². The van der Waals surface area contributed by atoms with Gasteiger partial charge in [-0.1, -0.05) is 36.4 Å². The highest BCUT2D eigenvalue weighted by atomic mass is 32.1. The van der Waals surface area contributed by atoms with Crippen molar-refractivity contribution in [1.82, 2.24) is 15.2 Å². The Morgan fingerprint density at radius 2 is 2.13 bits per heavy atom. The molecule has 31 heavy (non-hydrogen) atoms. The molecular formula is C24H29N3O3S. The summed E-state index contributed by atoms with van der Waals surface area (Å²) >= 11 is 1.44. The van der Waals surface area contributed by atoms with Crippen molar-refractivity contribution in [2.75, 3.05) is 32.8 Å². The van der Waals surface area contributed by atoms with E-state index in [0.717, 1.165) is 35.4 Å². The Morgan fingerprint density at radius 3 is 2.94 bits per heavy atom. The van der Waals surface area contributed by atoms with Crippen LogP contribution in [0.2, 0.25) is 0 Å². The highest BCUT2D eigenvalue weighted by Crippen LogP contribution is 2.37. The first-order valence-electron chi connectivity index (χ1n) is 10.8. The van der Waals surface area contributed by atoms with E-state index in [9.17, 15) is 4.79 Å². The van der Waals surface area contributed by atoms with E-state index in [1.807, 2.05) is 44.2 Å². The molecule has 6 nitrogen and oxygen atoms in total. The van der Waals surface area contributed by atoms with Crippen molar-refractivity contribution in [2.45, 2.75) is 32.6 Å². The third-order valence-corrected chi connectivity index (χ3v) is 6.39. The predicted octanol–water partition coefficient (Wildman–Crippen LogP) is 4.02. The summed E-state index contributed by atoms with van der Waals surface area (Å²) in [4.78, 5) is 21.3. The molecule has 0 saturated carbocycles. The summed E-state index contributed by atoms with van der Waals surface area (Å²) in [5.41, 5.74) is 2.14. The van der Waals surface area contributed by atoms with Crippen LogP contribution in [0.15, 0.2) is 48.7 Å². The number of thiophene rings is 1. The first kappa shape index (κ1) is 21.9. The van der Waals surface area contributed by atoms with Gasteiger partial charge in [-0.25, -0.2) is 4.98 Å². The van der Waals surface area contributed by atoms with Crippen LogP contribution < -0.4 is 5.32 Å². The summed E-state index contributed by atoms with van der Waals surface area (Å²) in [5.74, 6) is -0.0556. The number of aromatic nitrogens is 1. The molecule has 1 atom stereocenters. The standard InChI is InChI=1S/C24H29N3O3S/c1-17(2)26-23(28)22-21(19-9-6-10-25-24(19)31-22)20-15-27(12-14-30-20)11-13-29-16-18-7-4-3-5-8-18/h3-10,17,20H,11-16H2,1-2H3,(H,26,28). The Balaban J connectivity index is 1.44. The van der Waals surface area contributed by atoms with Crippen LogP contribution in [-0.4, -0.2) is 54.7 Å². The first-order valence-corrected chi connectivity index (χ1v) is 11.6. The molecular weight excluding hydrogens is 410 g/mol. The lowest BCUT2D eigenvalue weighted by Crippen LogP contribution is -2.40. The van der Waals surface area contributed by atoms with Crippen molar-refractivity contribution in [3.05, 3.63) is 64.7 Å². The summed E-state index contributed by atoms with van der Waals surface area (Å²) in [6.07, 6.45) is 1.61. The molecule has 0 spiro atoms. The number of nitrogens with one attached hydrogen (secondary N) is 1. The van der Waals surface area contributed by atoms with E-state index in [2.05, 4.69) is 27.3 Å². The van der Waals surface area contributed by atoms with E-state index < -0.39 is 0 Å². The van der Waals surface area contributed by atoms with Gasteiger partial charge in [-0.3, -0.25) is 9.69 Å². The highest BCUT2D eigenvalue weighted by molar-refractivity contribution is 7.20. The van der Waals surface area contributed by atoms with Crippen LogP contribution in [0.4, 0.5) is 0 Å². The van der Waals surface area contributed by atoms with E-state index in [-0.39, 0.29) is 18.1 Å². The zero-order chi connectivity index (χ0) is 21.6. The minimum Gasteiger partial charge on any atom is -0.375 e. The molecule has 1 N–H and O–H groups in total. The lowest BCUT2D eigenvalue weighted by molar-refractivity contribution is -0.0381. The maximum absolute atomic E-state index is 12.9. The van der Waals surface area contributed by atoms with Crippen molar-refractivity contribution in [1.29, 1.82) is 0 Å². The highest BCUT2D eigenvalue weighted by Gasteiger charge is 2.30. The minimum atomic E-state index is -0.159. The Morgan fingerprint density at radius 1 is 1.29 bits per heavy atom. The van der Waals surface area contributed by atoms with Crippen LogP contribution in [0, 0.1) is 0 Å². The average Bonchev–Trinajstić information content (AvgIpc) is 3.17. The lowest BCUT2D eigenvalue weighted by atomic mass is 10.0. The van der Waals surface area contributed by atoms with E-state index in [4.69, 9.17) is 9.47 Å². The van der Waals surface area contributed by atoms with Crippen LogP contribution in [0.5, 0.6) is 0 Å². The zero-order valence-electron chi connectivity index (χ0n) is 18.0. The molecule has 1 amide bonds. The molecule has 164 valence electrons. The number of fused-ring (bicyclic) bond motifs is 1. The van der Waals surface area contributed by atoms with Gasteiger partial charge in [-0.2, -0.15) is 0 Å². The number of amides is 1. The molecule has 1 saturated heterocycles. The molecule has 1 aliphatic rings. The number of pyridine rings is 1. The molecule has 1 unspecified atom stereocenters. The van der Waals surface area contributed by atoms with Crippen LogP contribution in [0.25, 0.3) is 10.2 Å². The molecule has 1 fully saturated rings. The summed E-state index contributed by atoms with van der Waals surface area (Å²) in [6, 6.07) is 14.2. The van der Waals surface area contributed by atoms with Gasteiger partial charge in [-0.05, 0) is 25.5 Å². The summed E-state index contributed by atoms with van der Waals surface area (Å²) in [6.45, 7) is 8.28. The van der Waals surface area contributed by atoms with Crippen molar-refractivity contribution >= 4 is 27.5 Å². The van der Waals surface area contributed by atoms with Gasteiger partial charge in [0.15, 0.2) is 0 Å². The second-order valence-electron chi connectivity index (χ2n) is 8.03. The van der Waals surface area contributed by atoms with Crippen molar-refractivity contribution in [3.63, 3.8) is 0 Å². The number of carbonyl (C=O) groups excluding carboxylic acids is 1. The molecule has 3 aromatic rings. The van der Waals surface area contributed by atoms with Crippen molar-refractivity contribution < 1.29 is 14.3 Å². The van der Waals surface area contributed by atoms with Crippen molar-refractivity contribution in [3.8, 4) is 0 Å². The van der Waals surface area contributed by atoms with E-state index >= 15 is 0 Å². The molecule has 4 rings (SSSR count). The fourth-order valence-electron chi connectivity index (χ4n) is 3.81. The first-order chi connectivity index (χ1) is 15.1. The third-order valence-electron chi connectivity index (χ3n) is 5.27. The second kappa shape index (κ2) is 10.3. The Kier molecular flexibility index (Phi) is 7.29. The molecule has 0 aliphatic carbocycles. The van der Waals surface area contributed by atoms with Gasteiger partial charge in [0, 0.05) is 42.8 Å². The maximum atomic E-state index is 12.9. The number of hydrogen-bond acceptors (Lipinski definition) is 6. The molecule has 2 aromatic heterocycles. The number of ether oxygens (including phenoxy) is 2. The van der Waals surface area contributed by atoms with E-state index in [1.165, 1.54) is 16.9 Å². The monoisotopic (exact) mass is 439 g/mol. The average molecular weight is 440 g/mol. The number of nitrogens with zero attached hydrogens (tertiary/aromatic N) is 2. The molecule has 0 bridgehead atoms. The maximum Gasteiger partial charge on any atom is 0.262 e. The lowest BCUT2D eigenvalue weighted by Gasteiger charge is -2.33. The summed E-state index contributed by atoms with van der Waals surface area (Å²) in [7, 11) is 0. The number of carbonyl (C=O) groups is 1. The Bertz CT molecular complexity index is 1010. The SMILES string of the molecule is CC(C)NC(=O)c1sc2ncccc2c1C1CN(CCOCc2ccccc2)CCO1. The second-order valence-corrected chi connectivity index (χ2v) is 9.03. The van der Waals surface area contributed by atoms with E-state index in [1.54, 1.807) is 6.20 Å². The number of hydrogen-bond donors (Lipinski definition) is 1. The summed E-state index contributed by atoms with van der Waals surface area (Å²) in [5, 5.41) is 4.03. The third kappa shape index (κ3) is 5.49. The molecule has 7 heteroatoms. The van der Waals surface area contributed by atoms with Crippen LogP contribution >= 0.6 is 11.3 Å². The topological polar surface area (TPSA) is 63.7 Å². The van der Waals surface area contributed by atoms with Gasteiger partial charge in [0.2, 0.25) is 0 Å². The van der Waals surface area contributed by atoms with Crippen molar-refractivity contribution in [2.24, 2.45) is 0 Å². The number of rotatable bonds is 8. The Labute approximate surface area is 187 Å². The van der Waals surface area contributed by atoms with Crippen LogP contribution in [-0.2, 0) is 16.1 Å². The smallest absolute Gasteiger partial charge is 0.262 e. The number of benzene rings is 1. The normalized spacial score (nSPS) is 17.3. The summed E-state index contributed by atoms with van der Waals surface area (Å²) < 4.78 is 12.0. The van der Waals surface area contributed by atoms with Gasteiger partial charge in [-0.15, -0.1) is 11.3 Å². The van der Waals surface area contributed by atoms with E-state index in [0.29, 0.717) is 24.7 Å². The van der Waals surface area contributed by atoms with Gasteiger partial charge >= 0.3 is 0 Å². The molecule has 3 heterocycles. The molecule has 0 radical (unpaired) electrons. The molecule has 1 aromatic carbocycles. The Hall–Kier alpha value is -2.32. The largest absolute Gasteiger partial charge is 0.375 e. The van der Waals surface area contributed by atoms with Gasteiger partial charge < -0.3 is 14.8 Å². The quantitative estimate of drug-likeness (QED) is 0.537. The fourth-order valence-corrected chi connectivity index (χ4v) is 4.90.